The first-order chi connectivity index (χ1) is 12.8. The SMILES string of the molecule is COc1ccc(S(=O)(=O)N[C@@H](CC(C)C)C(=O)NCc2ccncc2)cc1. The standard InChI is InChI=1S/C19H25N3O4S/c1-14(2)12-18(19(23)21-13-15-8-10-20-11-9-15)22-27(24,25)17-6-4-16(26-3)5-7-17/h4-11,14,18,22H,12-13H2,1-3H3,(H,21,23)/t18-/m0/s1. The van der Waals surface area contributed by atoms with Crippen LogP contribution in [0.1, 0.15) is 25.8 Å². The predicted octanol–water partition coefficient (Wildman–Crippen LogP) is 2.10. The van der Waals surface area contributed by atoms with Gasteiger partial charge in [0.2, 0.25) is 15.9 Å². The third-order valence-electron chi connectivity index (χ3n) is 3.91. The van der Waals surface area contributed by atoms with Crippen LogP contribution < -0.4 is 14.8 Å². The average molecular weight is 391 g/mol. The van der Waals surface area contributed by atoms with Gasteiger partial charge in [0.25, 0.3) is 0 Å². The molecule has 146 valence electrons. The zero-order valence-electron chi connectivity index (χ0n) is 15.7. The molecular weight excluding hydrogens is 366 g/mol. The van der Waals surface area contributed by atoms with E-state index in [4.69, 9.17) is 4.74 Å². The second kappa shape index (κ2) is 9.48. The van der Waals surface area contributed by atoms with E-state index in [1.54, 1.807) is 36.7 Å². The van der Waals surface area contributed by atoms with Crippen LogP contribution in [-0.4, -0.2) is 32.5 Å². The smallest absolute Gasteiger partial charge is 0.241 e. The molecule has 1 heterocycles. The molecule has 2 N–H and O–H groups in total. The van der Waals surface area contributed by atoms with E-state index in [1.807, 2.05) is 13.8 Å². The van der Waals surface area contributed by atoms with Crippen LogP contribution in [-0.2, 0) is 21.4 Å². The summed E-state index contributed by atoms with van der Waals surface area (Å²) in [5.74, 6) is 0.334. The molecule has 1 atom stereocenters. The number of nitrogens with one attached hydrogen (secondary N) is 2. The molecule has 1 aromatic heterocycles. The second-order valence-corrected chi connectivity index (χ2v) is 8.27. The van der Waals surface area contributed by atoms with Crippen molar-refractivity contribution in [3.05, 3.63) is 54.4 Å². The van der Waals surface area contributed by atoms with Crippen LogP contribution in [0.15, 0.2) is 53.7 Å². The van der Waals surface area contributed by atoms with Crippen LogP contribution in [0.5, 0.6) is 5.75 Å². The first-order valence-electron chi connectivity index (χ1n) is 8.65. The Morgan fingerprint density at radius 2 is 1.74 bits per heavy atom. The van der Waals surface area contributed by atoms with Gasteiger partial charge in [0.05, 0.1) is 12.0 Å². The Balaban J connectivity index is 2.10. The fourth-order valence-corrected chi connectivity index (χ4v) is 3.71. The first-order valence-corrected chi connectivity index (χ1v) is 10.1. The number of methoxy groups -OCH3 is 1. The summed E-state index contributed by atoms with van der Waals surface area (Å²) in [6, 6.07) is 8.74. The lowest BCUT2D eigenvalue weighted by atomic mass is 10.0. The number of carbonyl (C=O) groups is 1. The number of pyridine rings is 1. The fraction of sp³-hybridized carbons (Fsp3) is 0.368. The molecule has 2 aromatic rings. The van der Waals surface area contributed by atoms with Gasteiger partial charge < -0.3 is 10.1 Å². The number of hydrogen-bond acceptors (Lipinski definition) is 5. The molecule has 8 heteroatoms. The lowest BCUT2D eigenvalue weighted by Crippen LogP contribution is -2.47. The van der Waals surface area contributed by atoms with Crippen LogP contribution in [0.3, 0.4) is 0 Å². The van der Waals surface area contributed by atoms with Gasteiger partial charge >= 0.3 is 0 Å². The van der Waals surface area contributed by atoms with Gasteiger partial charge in [-0.1, -0.05) is 13.8 Å². The Bertz CT molecular complexity index is 837. The molecular formula is C19H25N3O4S. The molecule has 7 nitrogen and oxygen atoms in total. The van der Waals surface area contributed by atoms with Gasteiger partial charge in [-0.05, 0) is 54.3 Å². The van der Waals surface area contributed by atoms with E-state index in [0.717, 1.165) is 5.56 Å². The molecule has 2 rings (SSSR count). The van der Waals surface area contributed by atoms with Crippen LogP contribution in [0.25, 0.3) is 0 Å². The number of sulfonamides is 1. The van der Waals surface area contributed by atoms with E-state index in [1.165, 1.54) is 19.2 Å². The summed E-state index contributed by atoms with van der Waals surface area (Å²) in [6.07, 6.45) is 3.66. The minimum atomic E-state index is -3.83. The summed E-state index contributed by atoms with van der Waals surface area (Å²) in [6.45, 7) is 4.18. The highest BCUT2D eigenvalue weighted by Gasteiger charge is 2.26. The van der Waals surface area contributed by atoms with E-state index in [9.17, 15) is 13.2 Å². The van der Waals surface area contributed by atoms with Crippen molar-refractivity contribution < 1.29 is 17.9 Å². The van der Waals surface area contributed by atoms with E-state index in [2.05, 4.69) is 15.0 Å². The Morgan fingerprint density at radius 3 is 2.30 bits per heavy atom. The van der Waals surface area contributed by atoms with Crippen molar-refractivity contribution in [2.24, 2.45) is 5.92 Å². The van der Waals surface area contributed by atoms with Gasteiger partial charge in [0, 0.05) is 18.9 Å². The van der Waals surface area contributed by atoms with Crippen molar-refractivity contribution in [2.45, 2.75) is 37.8 Å². The molecule has 1 amide bonds. The van der Waals surface area contributed by atoms with Gasteiger partial charge in [-0.2, -0.15) is 4.72 Å². The van der Waals surface area contributed by atoms with Gasteiger partial charge in [-0.3, -0.25) is 9.78 Å². The summed E-state index contributed by atoms with van der Waals surface area (Å²) in [4.78, 5) is 16.6. The average Bonchev–Trinajstić information content (AvgIpc) is 2.66. The van der Waals surface area contributed by atoms with Crippen molar-refractivity contribution in [1.29, 1.82) is 0 Å². The molecule has 0 aliphatic heterocycles. The number of rotatable bonds is 9. The topological polar surface area (TPSA) is 97.4 Å². The van der Waals surface area contributed by atoms with Gasteiger partial charge in [0.1, 0.15) is 11.8 Å². The molecule has 0 aliphatic rings. The van der Waals surface area contributed by atoms with Crippen molar-refractivity contribution in [3.63, 3.8) is 0 Å². The van der Waals surface area contributed by atoms with Crippen LogP contribution in [0.4, 0.5) is 0 Å². The molecule has 0 unspecified atom stereocenters. The highest BCUT2D eigenvalue weighted by atomic mass is 32.2. The predicted molar refractivity (Wildman–Crippen MR) is 103 cm³/mol. The fourth-order valence-electron chi connectivity index (χ4n) is 2.50. The number of hydrogen-bond donors (Lipinski definition) is 2. The van der Waals surface area contributed by atoms with Crippen molar-refractivity contribution in [1.82, 2.24) is 15.0 Å². The molecule has 0 radical (unpaired) electrons. The largest absolute Gasteiger partial charge is 0.497 e. The number of aromatic nitrogens is 1. The van der Waals surface area contributed by atoms with Crippen LogP contribution >= 0.6 is 0 Å². The maximum absolute atomic E-state index is 12.7. The normalized spacial score (nSPS) is 12.6. The molecule has 0 aliphatic carbocycles. The molecule has 0 saturated heterocycles. The number of benzene rings is 1. The van der Waals surface area contributed by atoms with Gasteiger partial charge in [-0.15, -0.1) is 0 Å². The lowest BCUT2D eigenvalue weighted by Gasteiger charge is -2.20. The highest BCUT2D eigenvalue weighted by Crippen LogP contribution is 2.17. The summed E-state index contributed by atoms with van der Waals surface area (Å²) in [5.41, 5.74) is 0.889. The quantitative estimate of drug-likeness (QED) is 0.682. The number of carbonyl (C=O) groups excluding carboxylic acids is 1. The molecule has 27 heavy (non-hydrogen) atoms. The van der Waals surface area contributed by atoms with Crippen molar-refractivity contribution in [3.8, 4) is 5.75 Å². The van der Waals surface area contributed by atoms with Crippen molar-refractivity contribution in [2.75, 3.05) is 7.11 Å². The number of ether oxygens (including phenoxy) is 1. The van der Waals surface area contributed by atoms with E-state index in [0.29, 0.717) is 18.7 Å². The highest BCUT2D eigenvalue weighted by molar-refractivity contribution is 7.89. The van der Waals surface area contributed by atoms with E-state index >= 15 is 0 Å². The van der Waals surface area contributed by atoms with Crippen molar-refractivity contribution >= 4 is 15.9 Å². The lowest BCUT2D eigenvalue weighted by molar-refractivity contribution is -0.123. The minimum absolute atomic E-state index is 0.0824. The summed E-state index contributed by atoms with van der Waals surface area (Å²) >= 11 is 0. The minimum Gasteiger partial charge on any atom is -0.497 e. The summed E-state index contributed by atoms with van der Waals surface area (Å²) in [5, 5.41) is 2.78. The zero-order valence-corrected chi connectivity index (χ0v) is 16.5. The van der Waals surface area contributed by atoms with E-state index in [-0.39, 0.29) is 16.7 Å². The zero-order chi connectivity index (χ0) is 19.9. The monoisotopic (exact) mass is 391 g/mol. The maximum Gasteiger partial charge on any atom is 0.241 e. The Morgan fingerprint density at radius 1 is 1.11 bits per heavy atom. The molecule has 1 aromatic carbocycles. The summed E-state index contributed by atoms with van der Waals surface area (Å²) in [7, 11) is -2.33. The summed E-state index contributed by atoms with van der Waals surface area (Å²) < 4.78 is 32.9. The molecule has 0 saturated carbocycles. The van der Waals surface area contributed by atoms with Gasteiger partial charge in [0.15, 0.2) is 0 Å². The molecule has 0 spiro atoms. The van der Waals surface area contributed by atoms with Crippen LogP contribution in [0, 0.1) is 5.92 Å². The number of nitrogens with zero attached hydrogens (tertiary/aromatic N) is 1. The molecule has 0 fully saturated rings. The third kappa shape index (κ3) is 6.33. The first kappa shape index (κ1) is 20.9. The second-order valence-electron chi connectivity index (χ2n) is 6.55. The maximum atomic E-state index is 12.7. The Labute approximate surface area is 160 Å². The number of amides is 1. The Hall–Kier alpha value is -2.45. The Kier molecular flexibility index (Phi) is 7.32. The van der Waals surface area contributed by atoms with Gasteiger partial charge in [-0.25, -0.2) is 8.42 Å². The third-order valence-corrected chi connectivity index (χ3v) is 5.39. The van der Waals surface area contributed by atoms with E-state index < -0.39 is 16.1 Å². The van der Waals surface area contributed by atoms with Crippen LogP contribution in [0.2, 0.25) is 0 Å². The molecule has 0 bridgehead atoms.